The van der Waals surface area contributed by atoms with Crippen LogP contribution in [0.15, 0.2) is 24.3 Å². The summed E-state index contributed by atoms with van der Waals surface area (Å²) in [7, 11) is 1.92. The van der Waals surface area contributed by atoms with Gasteiger partial charge in [-0.2, -0.15) is 0 Å². The Balaban J connectivity index is 0.00000210. The van der Waals surface area contributed by atoms with Gasteiger partial charge in [-0.25, -0.2) is 4.79 Å². The van der Waals surface area contributed by atoms with Gasteiger partial charge in [0.05, 0.1) is 5.56 Å². The Morgan fingerprint density at radius 2 is 1.89 bits per heavy atom. The van der Waals surface area contributed by atoms with E-state index in [4.69, 9.17) is 4.74 Å². The first-order chi connectivity index (χ1) is 12.6. The van der Waals surface area contributed by atoms with Gasteiger partial charge in [-0.1, -0.05) is 18.2 Å². The summed E-state index contributed by atoms with van der Waals surface area (Å²) in [6.07, 6.45) is 5.62. The van der Waals surface area contributed by atoms with Gasteiger partial charge in [-0.3, -0.25) is 4.79 Å². The van der Waals surface area contributed by atoms with Crippen molar-refractivity contribution < 1.29 is 14.3 Å². The summed E-state index contributed by atoms with van der Waals surface area (Å²) in [5.74, 6) is 0.0837. The molecule has 148 valence electrons. The number of likely N-dealkylation sites (tertiary alicyclic amines) is 1. The lowest BCUT2D eigenvalue weighted by molar-refractivity contribution is -0.137. The molecule has 1 amide bonds. The summed E-state index contributed by atoms with van der Waals surface area (Å²) in [5.41, 5.74) is 1.21. The number of likely N-dealkylation sites (N-methyl/N-ethyl adjacent to an activating group) is 1. The van der Waals surface area contributed by atoms with Crippen molar-refractivity contribution >= 4 is 24.3 Å². The summed E-state index contributed by atoms with van der Waals surface area (Å²) < 4.78 is 5.79. The van der Waals surface area contributed by atoms with Gasteiger partial charge >= 0.3 is 5.97 Å². The maximum Gasteiger partial charge on any atom is 0.339 e. The molecule has 1 aliphatic carbocycles. The van der Waals surface area contributed by atoms with E-state index in [0.717, 1.165) is 44.3 Å². The average Bonchev–Trinajstić information content (AvgIpc) is 3.28. The minimum Gasteiger partial charge on any atom is -0.451 e. The van der Waals surface area contributed by atoms with E-state index in [1.807, 2.05) is 36.2 Å². The molecule has 1 spiro atoms. The van der Waals surface area contributed by atoms with E-state index in [2.05, 4.69) is 4.90 Å². The summed E-state index contributed by atoms with van der Waals surface area (Å²) in [4.78, 5) is 29.3. The highest BCUT2D eigenvalue weighted by atomic mass is 35.5. The van der Waals surface area contributed by atoms with Crippen LogP contribution in [-0.4, -0.2) is 54.9 Å². The Bertz CT molecular complexity index is 694. The van der Waals surface area contributed by atoms with Crippen molar-refractivity contribution in [3.8, 4) is 0 Å². The smallest absolute Gasteiger partial charge is 0.339 e. The molecule has 27 heavy (non-hydrogen) atoms. The number of esters is 1. The third kappa shape index (κ3) is 3.85. The van der Waals surface area contributed by atoms with Crippen LogP contribution < -0.4 is 0 Å². The van der Waals surface area contributed by atoms with Gasteiger partial charge < -0.3 is 14.5 Å². The van der Waals surface area contributed by atoms with Crippen molar-refractivity contribution in [1.82, 2.24) is 9.80 Å². The van der Waals surface area contributed by atoms with Crippen molar-refractivity contribution in [2.45, 2.75) is 44.1 Å². The SMILES string of the molecule is CN(CCN1CCCC1)C(=O)C1CCC2(CC1)OC(=O)c1ccccc12.Cl. The largest absolute Gasteiger partial charge is 0.451 e. The fraction of sp³-hybridized carbons (Fsp3) is 0.619. The van der Waals surface area contributed by atoms with E-state index in [0.29, 0.717) is 5.56 Å². The molecule has 6 heteroatoms. The number of hydrogen-bond donors (Lipinski definition) is 0. The molecule has 1 aromatic carbocycles. The van der Waals surface area contributed by atoms with E-state index in [-0.39, 0.29) is 30.2 Å². The van der Waals surface area contributed by atoms with Gasteiger partial charge in [0.15, 0.2) is 0 Å². The number of benzene rings is 1. The molecule has 0 bridgehead atoms. The Kier molecular flexibility index (Phi) is 6.11. The van der Waals surface area contributed by atoms with Crippen LogP contribution in [0.2, 0.25) is 0 Å². The molecule has 2 heterocycles. The molecule has 5 nitrogen and oxygen atoms in total. The Morgan fingerprint density at radius 3 is 2.59 bits per heavy atom. The van der Waals surface area contributed by atoms with Crippen molar-refractivity contribution in [3.63, 3.8) is 0 Å². The molecule has 2 fully saturated rings. The average molecular weight is 393 g/mol. The molecule has 1 saturated heterocycles. The molecule has 2 aliphatic heterocycles. The maximum atomic E-state index is 12.8. The topological polar surface area (TPSA) is 49.9 Å². The van der Waals surface area contributed by atoms with Crippen LogP contribution in [0.5, 0.6) is 0 Å². The standard InChI is InChI=1S/C21H28N2O3.ClH/c1-22(14-15-23-12-4-5-13-23)19(24)16-8-10-21(11-9-16)18-7-3-2-6-17(18)20(25)26-21;/h2-3,6-7,16H,4-5,8-15H2,1H3;1H. The Hall–Kier alpha value is -1.59. The number of amides is 1. The maximum absolute atomic E-state index is 12.8. The normalized spacial score (nSPS) is 27.1. The molecule has 0 unspecified atom stereocenters. The molecule has 1 aromatic rings. The third-order valence-corrected chi connectivity index (χ3v) is 6.39. The molecule has 3 aliphatic rings. The highest BCUT2D eigenvalue weighted by Crippen LogP contribution is 2.48. The third-order valence-electron chi connectivity index (χ3n) is 6.39. The number of carbonyl (C=O) groups excluding carboxylic acids is 2. The number of fused-ring (bicyclic) bond motifs is 2. The van der Waals surface area contributed by atoms with Gasteiger partial charge in [0.1, 0.15) is 5.60 Å². The van der Waals surface area contributed by atoms with Crippen molar-refractivity contribution in [3.05, 3.63) is 35.4 Å². The second-order valence-corrected chi connectivity index (χ2v) is 8.01. The number of ether oxygens (including phenoxy) is 1. The van der Waals surface area contributed by atoms with Crippen LogP contribution in [-0.2, 0) is 15.1 Å². The molecular formula is C21H29ClN2O3. The second kappa shape index (κ2) is 8.19. The number of rotatable bonds is 4. The summed E-state index contributed by atoms with van der Waals surface area (Å²) >= 11 is 0. The van der Waals surface area contributed by atoms with Crippen LogP contribution >= 0.6 is 12.4 Å². The zero-order chi connectivity index (χ0) is 18.1. The first-order valence-electron chi connectivity index (χ1n) is 9.89. The van der Waals surface area contributed by atoms with Gasteiger partial charge in [0, 0.05) is 31.6 Å². The quantitative estimate of drug-likeness (QED) is 0.738. The van der Waals surface area contributed by atoms with Crippen LogP contribution in [0.25, 0.3) is 0 Å². The Morgan fingerprint density at radius 1 is 1.22 bits per heavy atom. The van der Waals surface area contributed by atoms with E-state index in [1.54, 1.807) is 0 Å². The highest BCUT2D eigenvalue weighted by Gasteiger charge is 2.48. The predicted molar refractivity (Wildman–Crippen MR) is 106 cm³/mol. The number of halogens is 1. The van der Waals surface area contributed by atoms with Crippen LogP contribution in [0.3, 0.4) is 0 Å². The van der Waals surface area contributed by atoms with Crippen LogP contribution in [0.4, 0.5) is 0 Å². The fourth-order valence-electron chi connectivity index (χ4n) is 4.77. The molecule has 0 aromatic heterocycles. The van der Waals surface area contributed by atoms with Gasteiger partial charge in [0.25, 0.3) is 0 Å². The number of carbonyl (C=O) groups is 2. The Labute approximate surface area is 167 Å². The highest BCUT2D eigenvalue weighted by molar-refractivity contribution is 5.94. The van der Waals surface area contributed by atoms with Gasteiger partial charge in [-0.05, 0) is 57.7 Å². The number of nitrogens with zero attached hydrogens (tertiary/aromatic N) is 2. The lowest BCUT2D eigenvalue weighted by Gasteiger charge is -2.37. The van der Waals surface area contributed by atoms with Gasteiger partial charge in [0.2, 0.25) is 5.91 Å². The molecular weight excluding hydrogens is 364 g/mol. The summed E-state index contributed by atoms with van der Waals surface area (Å²) in [6, 6.07) is 7.69. The molecule has 0 N–H and O–H groups in total. The van der Waals surface area contributed by atoms with Crippen LogP contribution in [0, 0.1) is 5.92 Å². The number of hydrogen-bond acceptors (Lipinski definition) is 4. The predicted octanol–water partition coefficient (Wildman–Crippen LogP) is 3.22. The lowest BCUT2D eigenvalue weighted by atomic mass is 9.74. The molecule has 0 radical (unpaired) electrons. The lowest BCUT2D eigenvalue weighted by Crippen LogP contribution is -2.41. The zero-order valence-electron chi connectivity index (χ0n) is 16.0. The van der Waals surface area contributed by atoms with E-state index >= 15 is 0 Å². The minimum absolute atomic E-state index is 0. The van der Waals surface area contributed by atoms with E-state index < -0.39 is 5.60 Å². The second-order valence-electron chi connectivity index (χ2n) is 8.01. The molecule has 4 rings (SSSR count). The first kappa shape index (κ1) is 20.2. The van der Waals surface area contributed by atoms with E-state index in [1.165, 1.54) is 25.9 Å². The monoisotopic (exact) mass is 392 g/mol. The zero-order valence-corrected chi connectivity index (χ0v) is 16.8. The fourth-order valence-corrected chi connectivity index (χ4v) is 4.77. The first-order valence-corrected chi connectivity index (χ1v) is 9.89. The summed E-state index contributed by atoms with van der Waals surface area (Å²) in [6.45, 7) is 4.11. The van der Waals surface area contributed by atoms with E-state index in [9.17, 15) is 9.59 Å². The summed E-state index contributed by atoms with van der Waals surface area (Å²) in [5, 5.41) is 0. The van der Waals surface area contributed by atoms with Gasteiger partial charge in [-0.15, -0.1) is 12.4 Å². The molecule has 0 atom stereocenters. The van der Waals surface area contributed by atoms with Crippen molar-refractivity contribution in [2.24, 2.45) is 5.92 Å². The van der Waals surface area contributed by atoms with Crippen molar-refractivity contribution in [2.75, 3.05) is 33.2 Å². The minimum atomic E-state index is -0.501. The van der Waals surface area contributed by atoms with Crippen LogP contribution in [0.1, 0.15) is 54.4 Å². The molecule has 1 saturated carbocycles. The van der Waals surface area contributed by atoms with Crippen molar-refractivity contribution in [1.29, 1.82) is 0 Å².